The highest BCUT2D eigenvalue weighted by Crippen LogP contribution is 2.29. The molecule has 21 heavy (non-hydrogen) atoms. The normalized spacial score (nSPS) is 10.5. The van der Waals surface area contributed by atoms with Gasteiger partial charge in [0, 0.05) is 5.56 Å². The number of nitrogens with zero attached hydrogens (tertiary/aromatic N) is 4. The lowest BCUT2D eigenvalue weighted by molar-refractivity contribution is 0.0697. The molecular formula is C15H12N4O2. The smallest absolute Gasteiger partial charge is 0.337 e. The van der Waals surface area contributed by atoms with Gasteiger partial charge in [-0.1, -0.05) is 42.5 Å². The van der Waals surface area contributed by atoms with Gasteiger partial charge in [0.05, 0.1) is 11.3 Å². The Balaban J connectivity index is 2.34. The van der Waals surface area contributed by atoms with Crippen LogP contribution in [0.5, 0.6) is 0 Å². The van der Waals surface area contributed by atoms with E-state index in [0.717, 1.165) is 11.1 Å². The van der Waals surface area contributed by atoms with Crippen molar-refractivity contribution in [3.8, 4) is 16.8 Å². The van der Waals surface area contributed by atoms with E-state index >= 15 is 0 Å². The number of aromatic carboxylic acids is 1. The van der Waals surface area contributed by atoms with Gasteiger partial charge in [0.15, 0.2) is 5.82 Å². The summed E-state index contributed by atoms with van der Waals surface area (Å²) in [6, 6.07) is 14.7. The van der Waals surface area contributed by atoms with E-state index in [9.17, 15) is 9.90 Å². The number of hydrogen-bond acceptors (Lipinski definition) is 4. The first-order chi connectivity index (χ1) is 10.2. The molecule has 1 aromatic heterocycles. The van der Waals surface area contributed by atoms with Crippen molar-refractivity contribution in [3.05, 3.63) is 59.9 Å². The van der Waals surface area contributed by atoms with E-state index in [1.54, 1.807) is 19.1 Å². The van der Waals surface area contributed by atoms with E-state index in [1.165, 1.54) is 4.68 Å². The highest BCUT2D eigenvalue weighted by atomic mass is 16.4. The Morgan fingerprint density at radius 2 is 1.86 bits per heavy atom. The molecule has 0 radical (unpaired) electrons. The molecule has 0 aliphatic rings. The summed E-state index contributed by atoms with van der Waals surface area (Å²) in [5, 5.41) is 20.8. The van der Waals surface area contributed by atoms with E-state index in [0.29, 0.717) is 11.5 Å². The zero-order valence-corrected chi connectivity index (χ0v) is 11.3. The average molecular weight is 280 g/mol. The first kappa shape index (κ1) is 13.0. The number of carbonyl (C=O) groups is 1. The monoisotopic (exact) mass is 280 g/mol. The van der Waals surface area contributed by atoms with Crippen LogP contribution in [-0.4, -0.2) is 31.3 Å². The Morgan fingerprint density at radius 1 is 1.10 bits per heavy atom. The van der Waals surface area contributed by atoms with Crippen LogP contribution in [0, 0.1) is 6.92 Å². The first-order valence-electron chi connectivity index (χ1n) is 6.35. The molecule has 0 unspecified atom stereocenters. The summed E-state index contributed by atoms with van der Waals surface area (Å²) in [5.41, 5.74) is 2.31. The molecule has 6 heteroatoms. The summed E-state index contributed by atoms with van der Waals surface area (Å²) >= 11 is 0. The quantitative estimate of drug-likeness (QED) is 0.796. The minimum absolute atomic E-state index is 0.159. The predicted octanol–water partition coefficient (Wildman–Crippen LogP) is 2.34. The Hall–Kier alpha value is -3.02. The maximum Gasteiger partial charge on any atom is 0.337 e. The van der Waals surface area contributed by atoms with Gasteiger partial charge in [0.2, 0.25) is 0 Å². The van der Waals surface area contributed by atoms with Crippen LogP contribution in [0.1, 0.15) is 16.2 Å². The lowest BCUT2D eigenvalue weighted by Gasteiger charge is -2.13. The summed E-state index contributed by atoms with van der Waals surface area (Å²) in [6.45, 7) is 1.73. The second kappa shape index (κ2) is 5.16. The average Bonchev–Trinajstić information content (AvgIpc) is 2.93. The standard InChI is InChI=1S/C15H12N4O2/c1-10-16-17-18-19(10)14-12(11-6-3-2-4-7-11)8-5-9-13(14)15(20)21/h2-9H,1H3,(H,20,21). The van der Waals surface area contributed by atoms with Gasteiger partial charge in [-0.3, -0.25) is 0 Å². The number of benzene rings is 2. The number of hydrogen-bond donors (Lipinski definition) is 1. The molecule has 0 aliphatic carbocycles. The molecule has 0 atom stereocenters. The molecule has 0 aliphatic heterocycles. The third-order valence-corrected chi connectivity index (χ3v) is 3.19. The highest BCUT2D eigenvalue weighted by Gasteiger charge is 2.19. The summed E-state index contributed by atoms with van der Waals surface area (Å²) in [7, 11) is 0. The minimum Gasteiger partial charge on any atom is -0.478 e. The number of aromatic nitrogens is 4. The van der Waals surface area contributed by atoms with Crippen LogP contribution in [0.2, 0.25) is 0 Å². The maximum atomic E-state index is 11.5. The van der Waals surface area contributed by atoms with Crippen LogP contribution in [-0.2, 0) is 0 Å². The van der Waals surface area contributed by atoms with Crippen molar-refractivity contribution >= 4 is 5.97 Å². The number of aryl methyl sites for hydroxylation is 1. The molecule has 3 rings (SSSR count). The molecular weight excluding hydrogens is 268 g/mol. The highest BCUT2D eigenvalue weighted by molar-refractivity contribution is 5.95. The molecule has 1 N–H and O–H groups in total. The van der Waals surface area contributed by atoms with E-state index in [-0.39, 0.29) is 5.56 Å². The van der Waals surface area contributed by atoms with Crippen LogP contribution in [0.3, 0.4) is 0 Å². The van der Waals surface area contributed by atoms with Gasteiger partial charge in [0.25, 0.3) is 0 Å². The number of carboxylic acids is 1. The van der Waals surface area contributed by atoms with Crippen LogP contribution in [0.15, 0.2) is 48.5 Å². The Labute approximate surface area is 120 Å². The molecule has 3 aromatic rings. The van der Waals surface area contributed by atoms with Gasteiger partial charge in [-0.15, -0.1) is 5.10 Å². The van der Waals surface area contributed by atoms with Gasteiger partial charge >= 0.3 is 5.97 Å². The molecule has 1 heterocycles. The molecule has 0 saturated carbocycles. The number of rotatable bonds is 3. The molecule has 0 saturated heterocycles. The van der Waals surface area contributed by atoms with Crippen molar-refractivity contribution in [1.29, 1.82) is 0 Å². The third-order valence-electron chi connectivity index (χ3n) is 3.19. The lowest BCUT2D eigenvalue weighted by atomic mass is 10.00. The zero-order chi connectivity index (χ0) is 14.8. The van der Waals surface area contributed by atoms with Crippen molar-refractivity contribution in [2.75, 3.05) is 0 Å². The number of para-hydroxylation sites is 1. The molecule has 0 spiro atoms. The third kappa shape index (κ3) is 2.27. The second-order valence-electron chi connectivity index (χ2n) is 4.51. The number of tetrazole rings is 1. The van der Waals surface area contributed by atoms with Crippen LogP contribution in [0.25, 0.3) is 16.8 Å². The maximum absolute atomic E-state index is 11.5. The fourth-order valence-corrected chi connectivity index (χ4v) is 2.23. The zero-order valence-electron chi connectivity index (χ0n) is 11.3. The van der Waals surface area contributed by atoms with Crippen molar-refractivity contribution < 1.29 is 9.90 Å². The van der Waals surface area contributed by atoms with E-state index in [4.69, 9.17) is 0 Å². The van der Waals surface area contributed by atoms with Crippen molar-refractivity contribution in [3.63, 3.8) is 0 Å². The van der Waals surface area contributed by atoms with Gasteiger partial charge in [-0.2, -0.15) is 4.68 Å². The Bertz CT molecular complexity index is 796. The van der Waals surface area contributed by atoms with Gasteiger partial charge in [-0.05, 0) is 29.0 Å². The summed E-state index contributed by atoms with van der Waals surface area (Å²) < 4.78 is 1.45. The largest absolute Gasteiger partial charge is 0.478 e. The van der Waals surface area contributed by atoms with Gasteiger partial charge < -0.3 is 5.11 Å². The summed E-state index contributed by atoms with van der Waals surface area (Å²) in [6.07, 6.45) is 0. The fourth-order valence-electron chi connectivity index (χ4n) is 2.23. The number of carboxylic acid groups (broad SMARTS) is 1. The SMILES string of the molecule is Cc1nnnn1-c1c(C(=O)O)cccc1-c1ccccc1. The first-order valence-corrected chi connectivity index (χ1v) is 6.35. The predicted molar refractivity (Wildman–Crippen MR) is 76.3 cm³/mol. The summed E-state index contributed by atoms with van der Waals surface area (Å²) in [4.78, 5) is 11.5. The molecule has 104 valence electrons. The van der Waals surface area contributed by atoms with Crippen molar-refractivity contribution in [2.24, 2.45) is 0 Å². The second-order valence-corrected chi connectivity index (χ2v) is 4.51. The minimum atomic E-state index is -1.02. The van der Waals surface area contributed by atoms with Crippen LogP contribution < -0.4 is 0 Å². The summed E-state index contributed by atoms with van der Waals surface area (Å²) in [5.74, 6) is -0.487. The van der Waals surface area contributed by atoms with Crippen molar-refractivity contribution in [1.82, 2.24) is 20.2 Å². The Kier molecular flexibility index (Phi) is 3.19. The van der Waals surface area contributed by atoms with Gasteiger partial charge in [0.1, 0.15) is 0 Å². The molecule has 0 bridgehead atoms. The van der Waals surface area contributed by atoms with Gasteiger partial charge in [-0.25, -0.2) is 4.79 Å². The van der Waals surface area contributed by atoms with Crippen LogP contribution in [0.4, 0.5) is 0 Å². The van der Waals surface area contributed by atoms with E-state index in [1.807, 2.05) is 36.4 Å². The lowest BCUT2D eigenvalue weighted by Crippen LogP contribution is -2.10. The molecule has 0 fully saturated rings. The molecule has 6 nitrogen and oxygen atoms in total. The van der Waals surface area contributed by atoms with E-state index < -0.39 is 5.97 Å². The van der Waals surface area contributed by atoms with E-state index in [2.05, 4.69) is 15.5 Å². The Morgan fingerprint density at radius 3 is 2.48 bits per heavy atom. The topological polar surface area (TPSA) is 80.9 Å². The fraction of sp³-hybridized carbons (Fsp3) is 0.0667. The molecule has 2 aromatic carbocycles. The molecule has 0 amide bonds. The van der Waals surface area contributed by atoms with Crippen LogP contribution >= 0.6 is 0 Å². The van der Waals surface area contributed by atoms with Crippen molar-refractivity contribution in [2.45, 2.75) is 6.92 Å².